The summed E-state index contributed by atoms with van der Waals surface area (Å²) in [7, 11) is 0. The van der Waals surface area contributed by atoms with Crippen molar-refractivity contribution in [2.75, 3.05) is 19.6 Å². The molecule has 0 spiro atoms. The van der Waals surface area contributed by atoms with Gasteiger partial charge in [0.1, 0.15) is 0 Å². The second kappa shape index (κ2) is 2.98. The van der Waals surface area contributed by atoms with Crippen LogP contribution in [0.5, 0.6) is 0 Å². The van der Waals surface area contributed by atoms with Crippen molar-refractivity contribution < 1.29 is 0 Å². The number of hydrogen-bond donors (Lipinski definition) is 0. The lowest BCUT2D eigenvalue weighted by atomic mass is 9.92. The van der Waals surface area contributed by atoms with Crippen LogP contribution in [-0.2, 0) is 0 Å². The van der Waals surface area contributed by atoms with Crippen molar-refractivity contribution >= 4 is 0 Å². The van der Waals surface area contributed by atoms with Gasteiger partial charge in [0.25, 0.3) is 0 Å². The number of azo groups is 1. The molecule has 2 rings (SSSR count). The highest BCUT2D eigenvalue weighted by Gasteiger charge is 2.34. The van der Waals surface area contributed by atoms with Crippen LogP contribution in [0, 0.1) is 5.92 Å². The van der Waals surface area contributed by atoms with Gasteiger partial charge >= 0.3 is 0 Å². The third kappa shape index (κ3) is 1.18. The molecule has 2 aliphatic heterocycles. The lowest BCUT2D eigenvalue weighted by Gasteiger charge is -2.32. The van der Waals surface area contributed by atoms with Crippen LogP contribution in [-0.4, -0.2) is 30.6 Å². The SMILES string of the molecule is C=C1N=N[C@@H]2CCN(CC)CC12. The normalized spacial score (nSPS) is 35.6. The predicted octanol–water partition coefficient (Wildman–Crippen LogP) is 1.68. The number of hydrogen-bond acceptors (Lipinski definition) is 3. The van der Waals surface area contributed by atoms with E-state index in [1.807, 2.05) is 0 Å². The average Bonchev–Trinajstić information content (AvgIpc) is 2.47. The highest BCUT2D eigenvalue weighted by Crippen LogP contribution is 2.31. The number of piperidine rings is 1. The Morgan fingerprint density at radius 1 is 1.67 bits per heavy atom. The summed E-state index contributed by atoms with van der Waals surface area (Å²) in [6.07, 6.45) is 1.15. The molecule has 1 fully saturated rings. The van der Waals surface area contributed by atoms with Crippen LogP contribution < -0.4 is 0 Å². The minimum absolute atomic E-state index is 0.445. The molecule has 1 unspecified atom stereocenters. The summed E-state index contributed by atoms with van der Waals surface area (Å²) in [6.45, 7) is 9.53. The lowest BCUT2D eigenvalue weighted by Crippen LogP contribution is -2.40. The van der Waals surface area contributed by atoms with E-state index in [1.54, 1.807) is 0 Å². The fourth-order valence-corrected chi connectivity index (χ4v) is 1.98. The molecular formula is C9H15N3. The van der Waals surface area contributed by atoms with Gasteiger partial charge in [-0.05, 0) is 13.0 Å². The predicted molar refractivity (Wildman–Crippen MR) is 48.0 cm³/mol. The molecule has 3 heteroatoms. The Balaban J connectivity index is 2.04. The van der Waals surface area contributed by atoms with Gasteiger partial charge in [-0.3, -0.25) is 0 Å². The monoisotopic (exact) mass is 165 g/mol. The Bertz CT molecular complexity index is 222. The molecule has 3 nitrogen and oxygen atoms in total. The topological polar surface area (TPSA) is 28.0 Å². The van der Waals surface area contributed by atoms with Crippen molar-refractivity contribution in [1.29, 1.82) is 0 Å². The van der Waals surface area contributed by atoms with Crippen LogP contribution in [0.4, 0.5) is 0 Å². The second-order valence-corrected chi connectivity index (χ2v) is 3.56. The molecule has 66 valence electrons. The fourth-order valence-electron chi connectivity index (χ4n) is 1.98. The molecule has 0 N–H and O–H groups in total. The largest absolute Gasteiger partial charge is 0.303 e. The van der Waals surface area contributed by atoms with Crippen LogP contribution in [0.3, 0.4) is 0 Å². The molecule has 2 aliphatic rings. The van der Waals surface area contributed by atoms with Gasteiger partial charge in [-0.15, -0.1) is 0 Å². The number of rotatable bonds is 1. The second-order valence-electron chi connectivity index (χ2n) is 3.56. The summed E-state index contributed by atoms with van der Waals surface area (Å²) in [5, 5.41) is 8.26. The van der Waals surface area contributed by atoms with E-state index in [2.05, 4.69) is 28.6 Å². The third-order valence-electron chi connectivity index (χ3n) is 2.87. The maximum Gasteiger partial charge on any atom is 0.0821 e. The molecule has 1 saturated heterocycles. The lowest BCUT2D eigenvalue weighted by molar-refractivity contribution is 0.189. The van der Waals surface area contributed by atoms with Gasteiger partial charge in [0.05, 0.1) is 11.7 Å². The van der Waals surface area contributed by atoms with Gasteiger partial charge in [-0.1, -0.05) is 13.5 Å². The standard InChI is InChI=1S/C9H15N3/c1-3-12-5-4-9-8(6-12)7(2)10-11-9/h8-9H,2-6H2,1H3/t8?,9-/m1/s1. The molecule has 0 aromatic carbocycles. The van der Waals surface area contributed by atoms with Crippen molar-refractivity contribution in [3.63, 3.8) is 0 Å². The Morgan fingerprint density at radius 3 is 3.25 bits per heavy atom. The minimum Gasteiger partial charge on any atom is -0.303 e. The summed E-state index contributed by atoms with van der Waals surface area (Å²) in [4.78, 5) is 2.45. The summed E-state index contributed by atoms with van der Waals surface area (Å²) in [5.41, 5.74) is 0.984. The quantitative estimate of drug-likeness (QED) is 0.581. The smallest absolute Gasteiger partial charge is 0.0821 e. The van der Waals surface area contributed by atoms with E-state index in [4.69, 9.17) is 0 Å². The maximum atomic E-state index is 4.21. The van der Waals surface area contributed by atoms with Crippen LogP contribution in [0.25, 0.3) is 0 Å². The zero-order chi connectivity index (χ0) is 8.55. The van der Waals surface area contributed by atoms with E-state index in [9.17, 15) is 0 Å². The van der Waals surface area contributed by atoms with E-state index in [0.29, 0.717) is 12.0 Å². The molecule has 0 amide bonds. The van der Waals surface area contributed by atoms with Gasteiger partial charge in [0, 0.05) is 19.0 Å². The third-order valence-corrected chi connectivity index (χ3v) is 2.87. The first kappa shape index (κ1) is 7.92. The zero-order valence-corrected chi connectivity index (χ0v) is 7.53. The summed E-state index contributed by atoms with van der Waals surface area (Å²) < 4.78 is 0. The number of fused-ring (bicyclic) bond motifs is 1. The van der Waals surface area contributed by atoms with Crippen molar-refractivity contribution in [2.24, 2.45) is 16.1 Å². The zero-order valence-electron chi connectivity index (χ0n) is 7.53. The summed E-state index contributed by atoms with van der Waals surface area (Å²) in [5.74, 6) is 0.513. The first-order valence-corrected chi connectivity index (χ1v) is 4.63. The molecule has 12 heavy (non-hydrogen) atoms. The first-order chi connectivity index (χ1) is 5.81. The van der Waals surface area contributed by atoms with Crippen LogP contribution >= 0.6 is 0 Å². The molecule has 0 aliphatic carbocycles. The Kier molecular flexibility index (Phi) is 1.97. The summed E-state index contributed by atoms with van der Waals surface area (Å²) in [6, 6.07) is 0.445. The average molecular weight is 165 g/mol. The molecule has 2 heterocycles. The van der Waals surface area contributed by atoms with E-state index in [0.717, 1.165) is 25.2 Å². The maximum absolute atomic E-state index is 4.21. The van der Waals surface area contributed by atoms with E-state index in [-0.39, 0.29) is 0 Å². The molecule has 0 bridgehead atoms. The Labute approximate surface area is 73.2 Å². The number of likely N-dealkylation sites (tertiary alicyclic amines) is 1. The van der Waals surface area contributed by atoms with Crippen molar-refractivity contribution in [3.05, 3.63) is 12.3 Å². The summed E-state index contributed by atoms with van der Waals surface area (Å²) >= 11 is 0. The van der Waals surface area contributed by atoms with E-state index in [1.165, 1.54) is 6.54 Å². The van der Waals surface area contributed by atoms with E-state index >= 15 is 0 Å². The van der Waals surface area contributed by atoms with Crippen LogP contribution in [0.2, 0.25) is 0 Å². The van der Waals surface area contributed by atoms with Gasteiger partial charge in [-0.2, -0.15) is 10.2 Å². The van der Waals surface area contributed by atoms with E-state index < -0.39 is 0 Å². The molecule has 2 atom stereocenters. The fraction of sp³-hybridized carbons (Fsp3) is 0.778. The molecule has 0 saturated carbocycles. The van der Waals surface area contributed by atoms with Crippen molar-refractivity contribution in [1.82, 2.24) is 4.90 Å². The molecular weight excluding hydrogens is 150 g/mol. The van der Waals surface area contributed by atoms with Gasteiger partial charge in [-0.25, -0.2) is 0 Å². The van der Waals surface area contributed by atoms with Gasteiger partial charge < -0.3 is 4.90 Å². The Hall–Kier alpha value is -0.700. The van der Waals surface area contributed by atoms with Gasteiger partial charge in [0.15, 0.2) is 0 Å². The minimum atomic E-state index is 0.445. The van der Waals surface area contributed by atoms with Crippen LogP contribution in [0.1, 0.15) is 13.3 Å². The molecule has 0 radical (unpaired) electrons. The highest BCUT2D eigenvalue weighted by atomic mass is 15.2. The molecule has 0 aromatic heterocycles. The van der Waals surface area contributed by atoms with Crippen molar-refractivity contribution in [2.45, 2.75) is 19.4 Å². The number of nitrogens with zero attached hydrogens (tertiary/aromatic N) is 3. The van der Waals surface area contributed by atoms with Gasteiger partial charge in [0.2, 0.25) is 0 Å². The van der Waals surface area contributed by atoms with Crippen LogP contribution in [0.15, 0.2) is 22.5 Å². The highest BCUT2D eigenvalue weighted by molar-refractivity contribution is 5.09. The Morgan fingerprint density at radius 2 is 2.50 bits per heavy atom. The van der Waals surface area contributed by atoms with Crippen molar-refractivity contribution in [3.8, 4) is 0 Å². The molecule has 0 aromatic rings. The first-order valence-electron chi connectivity index (χ1n) is 4.63.